The molecule has 0 aliphatic carbocycles. The monoisotopic (exact) mass is 299 g/mol. The van der Waals surface area contributed by atoms with E-state index < -0.39 is 15.8 Å². The first-order valence-corrected chi connectivity index (χ1v) is 8.32. The van der Waals surface area contributed by atoms with Crippen LogP contribution in [0.15, 0.2) is 29.2 Å². The number of piperidine rings is 1. The maximum atomic E-state index is 13.7. The summed E-state index contributed by atoms with van der Waals surface area (Å²) in [4.78, 5) is -0.231. The van der Waals surface area contributed by atoms with Gasteiger partial charge < -0.3 is 4.74 Å². The zero-order chi connectivity index (χ0) is 14.3. The smallest absolute Gasteiger partial charge is 0.245 e. The van der Waals surface area contributed by atoms with E-state index in [-0.39, 0.29) is 23.0 Å². The van der Waals surface area contributed by atoms with Gasteiger partial charge in [-0.1, -0.05) is 12.1 Å². The highest BCUT2D eigenvalue weighted by atomic mass is 32.2. The van der Waals surface area contributed by atoms with Gasteiger partial charge in [-0.3, -0.25) is 0 Å². The first-order valence-electron chi connectivity index (χ1n) is 6.88. The number of hydrogen-bond acceptors (Lipinski definition) is 3. The Hall–Kier alpha value is -0.980. The van der Waals surface area contributed by atoms with Crippen LogP contribution >= 0.6 is 0 Å². The number of hydrogen-bond donors (Lipinski definition) is 0. The summed E-state index contributed by atoms with van der Waals surface area (Å²) in [5.74, 6) is -0.467. The normalized spacial score (nSPS) is 31.2. The number of benzene rings is 1. The minimum absolute atomic E-state index is 0.150. The SMILES string of the molecule is C[C@H]1C[C@H]2CN(S(=O)(=O)c3ccccc3F)CC[C@H]2O1. The third kappa shape index (κ3) is 2.36. The molecule has 6 heteroatoms. The lowest BCUT2D eigenvalue weighted by atomic mass is 9.94. The summed E-state index contributed by atoms with van der Waals surface area (Å²) < 4.78 is 45.9. The van der Waals surface area contributed by atoms with Gasteiger partial charge in [0.1, 0.15) is 10.7 Å². The molecule has 2 fully saturated rings. The minimum atomic E-state index is -3.75. The summed E-state index contributed by atoms with van der Waals surface area (Å²) in [5, 5.41) is 0. The summed E-state index contributed by atoms with van der Waals surface area (Å²) in [6.45, 7) is 2.82. The molecule has 1 aromatic rings. The molecular formula is C14H18FNO3S. The summed E-state index contributed by atoms with van der Waals surface area (Å²) in [5.41, 5.74) is 0. The largest absolute Gasteiger partial charge is 0.375 e. The highest BCUT2D eigenvalue weighted by molar-refractivity contribution is 7.89. The number of rotatable bonds is 2. The van der Waals surface area contributed by atoms with Gasteiger partial charge in [0, 0.05) is 19.0 Å². The average Bonchev–Trinajstić information content (AvgIpc) is 2.78. The van der Waals surface area contributed by atoms with Crippen LogP contribution in [-0.4, -0.2) is 38.0 Å². The van der Waals surface area contributed by atoms with Crippen molar-refractivity contribution in [3.8, 4) is 0 Å². The molecule has 0 unspecified atom stereocenters. The number of nitrogens with zero attached hydrogens (tertiary/aromatic N) is 1. The van der Waals surface area contributed by atoms with E-state index in [1.54, 1.807) is 6.07 Å². The van der Waals surface area contributed by atoms with E-state index in [9.17, 15) is 12.8 Å². The van der Waals surface area contributed by atoms with Gasteiger partial charge in [0.15, 0.2) is 0 Å². The lowest BCUT2D eigenvalue weighted by Crippen LogP contribution is -2.44. The highest BCUT2D eigenvalue weighted by Crippen LogP contribution is 2.34. The van der Waals surface area contributed by atoms with Crippen LogP contribution in [-0.2, 0) is 14.8 Å². The van der Waals surface area contributed by atoms with E-state index in [1.807, 2.05) is 6.92 Å². The molecule has 1 aromatic carbocycles. The molecule has 0 N–H and O–H groups in total. The minimum Gasteiger partial charge on any atom is -0.375 e. The third-order valence-electron chi connectivity index (χ3n) is 4.12. The molecule has 2 saturated heterocycles. The lowest BCUT2D eigenvalue weighted by molar-refractivity contribution is 0.0206. The molecule has 3 rings (SSSR count). The van der Waals surface area contributed by atoms with Crippen molar-refractivity contribution in [3.05, 3.63) is 30.1 Å². The van der Waals surface area contributed by atoms with Crippen molar-refractivity contribution in [2.24, 2.45) is 5.92 Å². The van der Waals surface area contributed by atoms with Gasteiger partial charge in [0.05, 0.1) is 12.2 Å². The van der Waals surface area contributed by atoms with Gasteiger partial charge >= 0.3 is 0 Å². The summed E-state index contributed by atoms with van der Waals surface area (Å²) in [7, 11) is -3.75. The molecule has 0 saturated carbocycles. The maximum absolute atomic E-state index is 13.7. The Balaban J connectivity index is 1.84. The summed E-state index contributed by atoms with van der Waals surface area (Å²) in [6.07, 6.45) is 1.88. The van der Waals surface area contributed by atoms with Crippen molar-refractivity contribution in [1.29, 1.82) is 0 Å². The number of halogens is 1. The van der Waals surface area contributed by atoms with Crippen LogP contribution in [0.4, 0.5) is 4.39 Å². The molecule has 20 heavy (non-hydrogen) atoms. The van der Waals surface area contributed by atoms with Crippen molar-refractivity contribution in [1.82, 2.24) is 4.31 Å². The zero-order valence-corrected chi connectivity index (χ0v) is 12.1. The molecule has 0 bridgehead atoms. The second kappa shape index (κ2) is 5.09. The molecule has 3 atom stereocenters. The van der Waals surface area contributed by atoms with Crippen molar-refractivity contribution >= 4 is 10.0 Å². The second-order valence-electron chi connectivity index (χ2n) is 5.56. The molecule has 0 spiro atoms. The lowest BCUT2D eigenvalue weighted by Gasteiger charge is -2.33. The fraction of sp³-hybridized carbons (Fsp3) is 0.571. The highest BCUT2D eigenvalue weighted by Gasteiger charge is 2.41. The van der Waals surface area contributed by atoms with Crippen molar-refractivity contribution < 1.29 is 17.5 Å². The molecule has 0 aromatic heterocycles. The second-order valence-corrected chi connectivity index (χ2v) is 7.47. The maximum Gasteiger partial charge on any atom is 0.245 e. The van der Waals surface area contributed by atoms with Crippen molar-refractivity contribution in [3.63, 3.8) is 0 Å². The third-order valence-corrected chi connectivity index (χ3v) is 6.02. The number of sulfonamides is 1. The fourth-order valence-corrected chi connectivity index (χ4v) is 4.75. The standard InChI is InChI=1S/C14H18FNO3S/c1-10-8-11-9-16(7-6-13(11)19-10)20(17,18)14-5-3-2-4-12(14)15/h2-5,10-11,13H,6-9H2,1H3/t10-,11-,13+/m0/s1. The summed E-state index contributed by atoms with van der Waals surface area (Å²) >= 11 is 0. The summed E-state index contributed by atoms with van der Waals surface area (Å²) in [6, 6.07) is 5.54. The van der Waals surface area contributed by atoms with E-state index in [1.165, 1.54) is 22.5 Å². The van der Waals surface area contributed by atoms with E-state index in [0.717, 1.165) is 6.42 Å². The van der Waals surface area contributed by atoms with Gasteiger partial charge in [-0.2, -0.15) is 4.31 Å². The molecule has 4 nitrogen and oxygen atoms in total. The Morgan fingerprint density at radius 1 is 1.35 bits per heavy atom. The van der Waals surface area contributed by atoms with E-state index >= 15 is 0 Å². The fourth-order valence-electron chi connectivity index (χ4n) is 3.17. The predicted molar refractivity (Wildman–Crippen MR) is 72.2 cm³/mol. The molecule has 2 heterocycles. The van der Waals surface area contributed by atoms with Crippen LogP contribution in [0.25, 0.3) is 0 Å². The molecule has 110 valence electrons. The predicted octanol–water partition coefficient (Wildman–Crippen LogP) is 2.01. The van der Waals surface area contributed by atoms with E-state index in [4.69, 9.17) is 4.74 Å². The molecule has 0 amide bonds. The van der Waals surface area contributed by atoms with Gasteiger partial charge in [0.25, 0.3) is 0 Å². The quantitative estimate of drug-likeness (QED) is 0.839. The molecular weight excluding hydrogens is 281 g/mol. The van der Waals surface area contributed by atoms with Crippen LogP contribution < -0.4 is 0 Å². The van der Waals surface area contributed by atoms with Crippen molar-refractivity contribution in [2.75, 3.05) is 13.1 Å². The average molecular weight is 299 g/mol. The molecule has 2 aliphatic rings. The van der Waals surface area contributed by atoms with E-state index in [0.29, 0.717) is 19.5 Å². The first kappa shape index (κ1) is 14.0. The Labute approximate surface area is 118 Å². The number of fused-ring (bicyclic) bond motifs is 1. The van der Waals surface area contributed by atoms with Crippen LogP contribution in [0, 0.1) is 11.7 Å². The van der Waals surface area contributed by atoms with Crippen LogP contribution in [0.2, 0.25) is 0 Å². The Morgan fingerprint density at radius 2 is 2.10 bits per heavy atom. The van der Waals surface area contributed by atoms with Gasteiger partial charge in [-0.25, -0.2) is 12.8 Å². The van der Waals surface area contributed by atoms with Crippen LogP contribution in [0.1, 0.15) is 19.8 Å². The van der Waals surface area contributed by atoms with Crippen LogP contribution in [0.5, 0.6) is 0 Å². The van der Waals surface area contributed by atoms with E-state index in [2.05, 4.69) is 0 Å². The topological polar surface area (TPSA) is 46.6 Å². The number of ether oxygens (including phenoxy) is 1. The molecule has 0 radical (unpaired) electrons. The Morgan fingerprint density at radius 3 is 2.85 bits per heavy atom. The van der Waals surface area contributed by atoms with Gasteiger partial charge in [-0.15, -0.1) is 0 Å². The van der Waals surface area contributed by atoms with Crippen LogP contribution in [0.3, 0.4) is 0 Å². The Kier molecular flexibility index (Phi) is 3.56. The molecule has 2 aliphatic heterocycles. The van der Waals surface area contributed by atoms with Gasteiger partial charge in [-0.05, 0) is 31.9 Å². The van der Waals surface area contributed by atoms with Crippen molar-refractivity contribution in [2.45, 2.75) is 36.9 Å². The Bertz CT molecular complexity index is 604. The first-order chi connectivity index (χ1) is 9.48. The van der Waals surface area contributed by atoms with Gasteiger partial charge in [0.2, 0.25) is 10.0 Å². The zero-order valence-electron chi connectivity index (χ0n) is 11.3.